The standard InChI is InChI=1S/C13H9F3N4OS/c1-6-10(18-7(2)22-6)9-5-8(3-4-17-9)11-19-12(21-20-11)13(14,15)16/h3-5H,1-2H3. The molecule has 9 heteroatoms. The van der Waals surface area contributed by atoms with Gasteiger partial charge in [0, 0.05) is 16.6 Å². The molecule has 0 aliphatic rings. The van der Waals surface area contributed by atoms with Gasteiger partial charge in [0.2, 0.25) is 5.82 Å². The molecule has 0 unspecified atom stereocenters. The second kappa shape index (κ2) is 5.16. The van der Waals surface area contributed by atoms with Gasteiger partial charge in [-0.25, -0.2) is 4.98 Å². The molecule has 0 amide bonds. The Hall–Kier alpha value is -2.29. The normalized spacial score (nSPS) is 11.9. The summed E-state index contributed by atoms with van der Waals surface area (Å²) in [5.74, 6) is -1.51. The van der Waals surface area contributed by atoms with E-state index in [1.54, 1.807) is 6.07 Å². The van der Waals surface area contributed by atoms with Crippen molar-refractivity contribution in [1.29, 1.82) is 0 Å². The fourth-order valence-electron chi connectivity index (χ4n) is 1.92. The number of aromatic nitrogens is 4. The number of rotatable bonds is 2. The van der Waals surface area contributed by atoms with E-state index >= 15 is 0 Å². The highest BCUT2D eigenvalue weighted by Crippen LogP contribution is 2.31. The first-order valence-corrected chi connectivity index (χ1v) is 6.98. The van der Waals surface area contributed by atoms with Crippen molar-refractivity contribution in [2.45, 2.75) is 20.0 Å². The van der Waals surface area contributed by atoms with Crippen LogP contribution in [0.1, 0.15) is 15.8 Å². The van der Waals surface area contributed by atoms with Crippen molar-refractivity contribution in [2.75, 3.05) is 0 Å². The highest BCUT2D eigenvalue weighted by atomic mass is 32.1. The first-order chi connectivity index (χ1) is 10.3. The van der Waals surface area contributed by atoms with Crippen LogP contribution in [0, 0.1) is 13.8 Å². The molecule has 114 valence electrons. The van der Waals surface area contributed by atoms with Crippen LogP contribution in [0.5, 0.6) is 0 Å². The minimum Gasteiger partial charge on any atom is -0.329 e. The fraction of sp³-hybridized carbons (Fsp3) is 0.231. The highest BCUT2D eigenvalue weighted by molar-refractivity contribution is 7.11. The second-order valence-corrected chi connectivity index (χ2v) is 5.90. The van der Waals surface area contributed by atoms with E-state index in [1.807, 2.05) is 13.8 Å². The van der Waals surface area contributed by atoms with Crippen molar-refractivity contribution < 1.29 is 17.7 Å². The van der Waals surface area contributed by atoms with Gasteiger partial charge in [-0.15, -0.1) is 11.3 Å². The Balaban J connectivity index is 2.01. The summed E-state index contributed by atoms with van der Waals surface area (Å²) in [4.78, 5) is 12.9. The summed E-state index contributed by atoms with van der Waals surface area (Å²) in [5.41, 5.74) is 1.64. The van der Waals surface area contributed by atoms with Crippen LogP contribution in [-0.2, 0) is 6.18 Å². The predicted molar refractivity (Wildman–Crippen MR) is 73.1 cm³/mol. The molecule has 0 bridgehead atoms. The minimum absolute atomic E-state index is 0.138. The zero-order chi connectivity index (χ0) is 15.9. The number of aryl methyl sites for hydroxylation is 2. The first-order valence-electron chi connectivity index (χ1n) is 6.16. The SMILES string of the molecule is Cc1nc(-c2cc(-c3noc(C(F)(F)F)n3)ccn2)c(C)s1. The van der Waals surface area contributed by atoms with Crippen molar-refractivity contribution in [3.8, 4) is 22.8 Å². The van der Waals surface area contributed by atoms with Gasteiger partial charge in [0.1, 0.15) is 5.69 Å². The molecule has 0 aromatic carbocycles. The topological polar surface area (TPSA) is 64.7 Å². The molecular formula is C13H9F3N4OS. The van der Waals surface area contributed by atoms with E-state index in [2.05, 4.69) is 24.6 Å². The summed E-state index contributed by atoms with van der Waals surface area (Å²) >= 11 is 1.52. The van der Waals surface area contributed by atoms with E-state index in [4.69, 9.17) is 0 Å². The van der Waals surface area contributed by atoms with Crippen LogP contribution in [-0.4, -0.2) is 20.1 Å². The van der Waals surface area contributed by atoms with E-state index in [9.17, 15) is 13.2 Å². The van der Waals surface area contributed by atoms with E-state index in [1.165, 1.54) is 23.6 Å². The van der Waals surface area contributed by atoms with Crippen LogP contribution >= 0.6 is 11.3 Å². The molecule has 0 radical (unpaired) electrons. The van der Waals surface area contributed by atoms with Crippen molar-refractivity contribution in [1.82, 2.24) is 20.1 Å². The Morgan fingerprint density at radius 1 is 1.18 bits per heavy atom. The van der Waals surface area contributed by atoms with Crippen molar-refractivity contribution >= 4 is 11.3 Å². The molecule has 5 nitrogen and oxygen atoms in total. The number of hydrogen-bond donors (Lipinski definition) is 0. The Labute approximate surface area is 126 Å². The number of thiazole rings is 1. The Bertz CT molecular complexity index is 825. The zero-order valence-corrected chi connectivity index (χ0v) is 12.3. The molecule has 22 heavy (non-hydrogen) atoms. The lowest BCUT2D eigenvalue weighted by atomic mass is 10.2. The summed E-state index contributed by atoms with van der Waals surface area (Å²) in [6.07, 6.45) is -3.19. The second-order valence-electron chi connectivity index (χ2n) is 4.49. The molecule has 0 spiro atoms. The molecule has 0 aliphatic carbocycles. The molecule has 0 saturated heterocycles. The van der Waals surface area contributed by atoms with Crippen molar-refractivity contribution in [3.63, 3.8) is 0 Å². The molecular weight excluding hydrogens is 317 g/mol. The Kier molecular flexibility index (Phi) is 3.44. The lowest BCUT2D eigenvalue weighted by Gasteiger charge is -2.00. The summed E-state index contributed by atoms with van der Waals surface area (Å²) in [6.45, 7) is 3.78. The monoisotopic (exact) mass is 326 g/mol. The summed E-state index contributed by atoms with van der Waals surface area (Å²) < 4.78 is 41.7. The van der Waals surface area contributed by atoms with E-state index in [-0.39, 0.29) is 5.82 Å². The third kappa shape index (κ3) is 2.71. The number of alkyl halides is 3. The number of nitrogens with zero attached hydrogens (tertiary/aromatic N) is 4. The van der Waals surface area contributed by atoms with Gasteiger partial charge in [-0.2, -0.15) is 18.2 Å². The minimum atomic E-state index is -4.66. The number of hydrogen-bond acceptors (Lipinski definition) is 6. The van der Waals surface area contributed by atoms with Crippen LogP contribution in [0.3, 0.4) is 0 Å². The van der Waals surface area contributed by atoms with Crippen LogP contribution in [0.4, 0.5) is 13.2 Å². The lowest BCUT2D eigenvalue weighted by molar-refractivity contribution is -0.159. The maximum absolute atomic E-state index is 12.5. The average molecular weight is 326 g/mol. The fourth-order valence-corrected chi connectivity index (χ4v) is 2.75. The molecule has 3 aromatic rings. The third-order valence-electron chi connectivity index (χ3n) is 2.83. The van der Waals surface area contributed by atoms with Gasteiger partial charge in [-0.3, -0.25) is 4.98 Å². The molecule has 0 saturated carbocycles. The summed E-state index contributed by atoms with van der Waals surface area (Å²) in [5, 5.41) is 4.25. The Morgan fingerprint density at radius 2 is 1.95 bits per heavy atom. The van der Waals surface area contributed by atoms with E-state index < -0.39 is 12.1 Å². The van der Waals surface area contributed by atoms with Gasteiger partial charge in [0.05, 0.1) is 10.7 Å². The quantitative estimate of drug-likeness (QED) is 0.715. The average Bonchev–Trinajstić information content (AvgIpc) is 3.05. The number of halogens is 3. The van der Waals surface area contributed by atoms with Gasteiger partial charge in [0.25, 0.3) is 0 Å². The van der Waals surface area contributed by atoms with Gasteiger partial charge < -0.3 is 4.52 Å². The maximum Gasteiger partial charge on any atom is 0.471 e. The molecule has 0 N–H and O–H groups in total. The van der Waals surface area contributed by atoms with Crippen LogP contribution in [0.25, 0.3) is 22.8 Å². The predicted octanol–water partition coefficient (Wildman–Crippen LogP) is 3.89. The molecule has 3 heterocycles. The van der Waals surface area contributed by atoms with E-state index in [0.717, 1.165) is 9.88 Å². The van der Waals surface area contributed by atoms with Gasteiger partial charge >= 0.3 is 12.1 Å². The molecule has 0 fully saturated rings. The maximum atomic E-state index is 12.5. The van der Waals surface area contributed by atoms with E-state index in [0.29, 0.717) is 17.0 Å². The molecule has 0 atom stereocenters. The van der Waals surface area contributed by atoms with Crippen molar-refractivity contribution in [3.05, 3.63) is 34.1 Å². The van der Waals surface area contributed by atoms with Crippen LogP contribution < -0.4 is 0 Å². The zero-order valence-electron chi connectivity index (χ0n) is 11.5. The first kappa shape index (κ1) is 14.6. The largest absolute Gasteiger partial charge is 0.471 e. The van der Waals surface area contributed by atoms with Gasteiger partial charge in [-0.05, 0) is 26.0 Å². The van der Waals surface area contributed by atoms with Gasteiger partial charge in [0.15, 0.2) is 0 Å². The summed E-state index contributed by atoms with van der Waals surface area (Å²) in [7, 11) is 0. The van der Waals surface area contributed by atoms with Crippen molar-refractivity contribution in [2.24, 2.45) is 0 Å². The van der Waals surface area contributed by atoms with Crippen LogP contribution in [0.2, 0.25) is 0 Å². The highest BCUT2D eigenvalue weighted by Gasteiger charge is 2.38. The van der Waals surface area contributed by atoms with Crippen LogP contribution in [0.15, 0.2) is 22.9 Å². The number of pyridine rings is 1. The van der Waals surface area contributed by atoms with Gasteiger partial charge in [-0.1, -0.05) is 5.16 Å². The molecule has 3 aromatic heterocycles. The lowest BCUT2D eigenvalue weighted by Crippen LogP contribution is -2.04. The third-order valence-corrected chi connectivity index (χ3v) is 3.72. The Morgan fingerprint density at radius 3 is 2.55 bits per heavy atom. The summed E-state index contributed by atoms with van der Waals surface area (Å²) in [6, 6.07) is 3.11. The molecule has 0 aliphatic heterocycles. The molecule has 3 rings (SSSR count). The smallest absolute Gasteiger partial charge is 0.329 e.